The highest BCUT2D eigenvalue weighted by Crippen LogP contribution is 2.17. The van der Waals surface area contributed by atoms with Crippen LogP contribution in [0.4, 0.5) is 4.79 Å². The fourth-order valence-electron chi connectivity index (χ4n) is 1.89. The smallest absolute Gasteiger partial charge is 0.408 e. The fraction of sp³-hybridized carbons (Fsp3) is 0.588. The highest BCUT2D eigenvalue weighted by atomic mass is 16.6. The number of carbonyl (C=O) groups excluding carboxylic acids is 1. The molecule has 0 radical (unpaired) electrons. The fourth-order valence-corrected chi connectivity index (χ4v) is 1.89. The van der Waals surface area contributed by atoms with Crippen LogP contribution in [0.5, 0.6) is 5.75 Å². The normalized spacial score (nSPS) is 11.9. The lowest BCUT2D eigenvalue weighted by Crippen LogP contribution is -2.46. The summed E-state index contributed by atoms with van der Waals surface area (Å²) < 4.78 is 10.4. The van der Waals surface area contributed by atoms with Crippen molar-refractivity contribution < 1.29 is 14.3 Å². The second-order valence-electron chi connectivity index (χ2n) is 6.86. The Labute approximate surface area is 127 Å². The quantitative estimate of drug-likeness (QED) is 0.894. The Morgan fingerprint density at radius 2 is 1.67 bits per heavy atom. The molecular formula is C17H27NO3. The lowest BCUT2D eigenvalue weighted by molar-refractivity contribution is 0.0468. The standard InChI is InChI=1S/C17H27NO3/c1-16(2,3)21-15(19)18-17(4,5)12-11-13-7-9-14(20-6)10-8-13/h7-10H,11-12H2,1-6H3,(H,18,19). The summed E-state index contributed by atoms with van der Waals surface area (Å²) in [6, 6.07) is 7.98. The number of aryl methyl sites for hydroxylation is 1. The lowest BCUT2D eigenvalue weighted by atomic mass is 9.95. The average molecular weight is 293 g/mol. The minimum Gasteiger partial charge on any atom is -0.497 e. The van der Waals surface area contributed by atoms with E-state index in [-0.39, 0.29) is 11.6 Å². The zero-order valence-corrected chi connectivity index (χ0v) is 13.9. The van der Waals surface area contributed by atoms with E-state index < -0.39 is 5.60 Å². The minimum atomic E-state index is -0.476. The number of methoxy groups -OCH3 is 1. The van der Waals surface area contributed by atoms with Crippen LogP contribution in [0.15, 0.2) is 24.3 Å². The molecule has 1 aromatic rings. The molecule has 118 valence electrons. The summed E-state index contributed by atoms with van der Waals surface area (Å²) in [6.07, 6.45) is 1.34. The van der Waals surface area contributed by atoms with Gasteiger partial charge in [-0.05, 0) is 65.2 Å². The number of benzene rings is 1. The van der Waals surface area contributed by atoms with E-state index in [1.807, 2.05) is 58.9 Å². The van der Waals surface area contributed by atoms with Crippen molar-refractivity contribution in [2.45, 2.75) is 58.6 Å². The van der Waals surface area contributed by atoms with Crippen molar-refractivity contribution in [2.24, 2.45) is 0 Å². The molecule has 0 aliphatic heterocycles. The Bertz CT molecular complexity index is 458. The molecule has 0 saturated heterocycles. The highest BCUT2D eigenvalue weighted by molar-refractivity contribution is 5.68. The first-order valence-electron chi connectivity index (χ1n) is 7.25. The van der Waals surface area contributed by atoms with E-state index in [1.165, 1.54) is 5.56 Å². The molecule has 1 aromatic carbocycles. The molecule has 0 heterocycles. The van der Waals surface area contributed by atoms with Crippen LogP contribution in [0.3, 0.4) is 0 Å². The molecule has 0 saturated carbocycles. The van der Waals surface area contributed by atoms with E-state index in [9.17, 15) is 4.79 Å². The van der Waals surface area contributed by atoms with Crippen LogP contribution in [0.25, 0.3) is 0 Å². The van der Waals surface area contributed by atoms with Crippen molar-refractivity contribution in [1.82, 2.24) is 5.32 Å². The van der Waals surface area contributed by atoms with E-state index >= 15 is 0 Å². The van der Waals surface area contributed by atoms with Crippen LogP contribution in [-0.2, 0) is 11.2 Å². The number of carbonyl (C=O) groups is 1. The van der Waals surface area contributed by atoms with Crippen molar-refractivity contribution in [3.63, 3.8) is 0 Å². The van der Waals surface area contributed by atoms with Crippen LogP contribution in [0, 0.1) is 0 Å². The van der Waals surface area contributed by atoms with Gasteiger partial charge in [-0.1, -0.05) is 12.1 Å². The predicted molar refractivity (Wildman–Crippen MR) is 84.8 cm³/mol. The van der Waals surface area contributed by atoms with Crippen molar-refractivity contribution in [2.75, 3.05) is 7.11 Å². The predicted octanol–water partition coefficient (Wildman–Crippen LogP) is 3.93. The van der Waals surface area contributed by atoms with Gasteiger partial charge in [0.25, 0.3) is 0 Å². The van der Waals surface area contributed by atoms with Gasteiger partial charge in [0.1, 0.15) is 11.4 Å². The first kappa shape index (κ1) is 17.3. The third kappa shape index (κ3) is 7.02. The van der Waals surface area contributed by atoms with Gasteiger partial charge in [-0.15, -0.1) is 0 Å². The van der Waals surface area contributed by atoms with Crippen molar-refractivity contribution >= 4 is 6.09 Å². The second kappa shape index (κ2) is 6.83. The van der Waals surface area contributed by atoms with Gasteiger partial charge in [0.05, 0.1) is 7.11 Å². The van der Waals surface area contributed by atoms with Crippen LogP contribution in [-0.4, -0.2) is 24.3 Å². The highest BCUT2D eigenvalue weighted by Gasteiger charge is 2.24. The first-order chi connectivity index (χ1) is 9.61. The van der Waals surface area contributed by atoms with Gasteiger partial charge in [0, 0.05) is 5.54 Å². The molecule has 4 nitrogen and oxygen atoms in total. The van der Waals surface area contributed by atoms with E-state index in [4.69, 9.17) is 9.47 Å². The summed E-state index contributed by atoms with van der Waals surface area (Å²) in [4.78, 5) is 11.8. The Morgan fingerprint density at radius 1 is 1.10 bits per heavy atom. The van der Waals surface area contributed by atoms with Crippen molar-refractivity contribution in [3.8, 4) is 5.75 Å². The van der Waals surface area contributed by atoms with Crippen LogP contribution in [0.2, 0.25) is 0 Å². The molecule has 4 heteroatoms. The van der Waals surface area contributed by atoms with E-state index in [0.717, 1.165) is 18.6 Å². The summed E-state index contributed by atoms with van der Waals surface area (Å²) in [7, 11) is 1.66. The number of amides is 1. The summed E-state index contributed by atoms with van der Waals surface area (Å²) in [5, 5.41) is 2.92. The maximum absolute atomic E-state index is 11.8. The topological polar surface area (TPSA) is 47.6 Å². The molecule has 1 N–H and O–H groups in total. The number of rotatable bonds is 5. The van der Waals surface area contributed by atoms with Gasteiger partial charge in [-0.25, -0.2) is 4.79 Å². The Hall–Kier alpha value is -1.71. The Kier molecular flexibility index (Phi) is 5.64. The SMILES string of the molecule is COc1ccc(CCC(C)(C)NC(=O)OC(C)(C)C)cc1. The van der Waals surface area contributed by atoms with Gasteiger partial charge in [0.15, 0.2) is 0 Å². The van der Waals surface area contributed by atoms with Crippen molar-refractivity contribution in [1.29, 1.82) is 0 Å². The second-order valence-corrected chi connectivity index (χ2v) is 6.86. The Morgan fingerprint density at radius 3 is 2.14 bits per heavy atom. The number of alkyl carbamates (subject to hydrolysis) is 1. The van der Waals surface area contributed by atoms with Gasteiger partial charge in [0.2, 0.25) is 0 Å². The maximum atomic E-state index is 11.8. The van der Waals surface area contributed by atoms with Crippen molar-refractivity contribution in [3.05, 3.63) is 29.8 Å². The largest absolute Gasteiger partial charge is 0.497 e. The van der Waals surface area contributed by atoms with Crippen LogP contribution in [0.1, 0.15) is 46.6 Å². The van der Waals surface area contributed by atoms with Gasteiger partial charge < -0.3 is 14.8 Å². The molecule has 0 unspecified atom stereocenters. The average Bonchev–Trinajstić information content (AvgIpc) is 2.34. The Balaban J connectivity index is 2.49. The van der Waals surface area contributed by atoms with E-state index in [1.54, 1.807) is 7.11 Å². The molecule has 1 amide bonds. The third-order valence-corrected chi connectivity index (χ3v) is 3.04. The van der Waals surface area contributed by atoms with E-state index in [0.29, 0.717) is 0 Å². The number of hydrogen-bond donors (Lipinski definition) is 1. The molecule has 0 bridgehead atoms. The summed E-state index contributed by atoms with van der Waals surface area (Å²) in [5.41, 5.74) is 0.424. The lowest BCUT2D eigenvalue weighted by Gasteiger charge is -2.28. The zero-order chi connectivity index (χ0) is 16.1. The molecule has 0 aliphatic carbocycles. The number of ether oxygens (including phenoxy) is 2. The first-order valence-corrected chi connectivity index (χ1v) is 7.25. The van der Waals surface area contributed by atoms with E-state index in [2.05, 4.69) is 5.32 Å². The monoisotopic (exact) mass is 293 g/mol. The zero-order valence-electron chi connectivity index (χ0n) is 13.9. The van der Waals surface area contributed by atoms with Gasteiger partial charge in [-0.3, -0.25) is 0 Å². The molecule has 0 aliphatic rings. The molecule has 1 rings (SSSR count). The minimum absolute atomic E-state index is 0.317. The number of nitrogens with one attached hydrogen (secondary N) is 1. The van der Waals surface area contributed by atoms with Gasteiger partial charge >= 0.3 is 6.09 Å². The summed E-state index contributed by atoms with van der Waals surface area (Å²) in [6.45, 7) is 9.58. The molecule has 21 heavy (non-hydrogen) atoms. The summed E-state index contributed by atoms with van der Waals surface area (Å²) >= 11 is 0. The molecular weight excluding hydrogens is 266 g/mol. The number of hydrogen-bond acceptors (Lipinski definition) is 3. The maximum Gasteiger partial charge on any atom is 0.408 e. The summed E-state index contributed by atoms with van der Waals surface area (Å²) in [5.74, 6) is 0.852. The molecule has 0 atom stereocenters. The van der Waals surface area contributed by atoms with Gasteiger partial charge in [-0.2, -0.15) is 0 Å². The molecule has 0 fully saturated rings. The third-order valence-electron chi connectivity index (χ3n) is 3.04. The van der Waals surface area contributed by atoms with Crippen LogP contribution < -0.4 is 10.1 Å². The van der Waals surface area contributed by atoms with Crippen LogP contribution >= 0.6 is 0 Å². The molecule has 0 spiro atoms. The molecule has 0 aromatic heterocycles.